The molecule has 1 fully saturated rings. The van der Waals surface area contributed by atoms with Gasteiger partial charge in [0.15, 0.2) is 6.10 Å². The molecule has 10 heteroatoms. The van der Waals surface area contributed by atoms with Crippen molar-refractivity contribution < 1.29 is 33.4 Å². The first kappa shape index (κ1) is 25.1. The van der Waals surface area contributed by atoms with Crippen LogP contribution in [-0.4, -0.2) is 65.9 Å². The Morgan fingerprint density at radius 3 is 2.19 bits per heavy atom. The van der Waals surface area contributed by atoms with Gasteiger partial charge in [0.05, 0.1) is 34.6 Å². The van der Waals surface area contributed by atoms with E-state index in [1.54, 1.807) is 29.2 Å². The van der Waals surface area contributed by atoms with Crippen molar-refractivity contribution in [2.75, 3.05) is 23.3 Å². The molecular weight excluding hydrogens is 466 g/mol. The predicted molar refractivity (Wildman–Crippen MR) is 130 cm³/mol. The van der Waals surface area contributed by atoms with E-state index < -0.39 is 23.9 Å². The van der Waals surface area contributed by atoms with E-state index in [0.717, 1.165) is 4.90 Å². The Kier molecular flexibility index (Phi) is 6.89. The fourth-order valence-electron chi connectivity index (χ4n) is 4.39. The second-order valence-corrected chi connectivity index (χ2v) is 8.98. The summed E-state index contributed by atoms with van der Waals surface area (Å²) in [5, 5.41) is 2.62. The lowest BCUT2D eigenvalue weighted by atomic mass is 10.1. The Hall–Kier alpha value is -4.05. The number of hydrogen-bond acceptors (Lipinski definition) is 7. The number of nitrogens with one attached hydrogen (secondary N) is 1. The molecule has 0 radical (unpaired) electrons. The number of benzene rings is 2. The maximum atomic E-state index is 13.1. The maximum Gasteiger partial charge on any atom is 0.338 e. The van der Waals surface area contributed by atoms with Crippen molar-refractivity contribution in [1.82, 2.24) is 4.90 Å². The highest BCUT2D eigenvalue weighted by molar-refractivity contribution is 6.34. The zero-order valence-corrected chi connectivity index (χ0v) is 20.4. The number of ether oxygens (including phenoxy) is 2. The van der Waals surface area contributed by atoms with E-state index in [-0.39, 0.29) is 40.7 Å². The van der Waals surface area contributed by atoms with Crippen LogP contribution in [-0.2, 0) is 19.1 Å². The number of nitrogens with zero attached hydrogens (tertiary/aromatic N) is 2. The number of imide groups is 1. The quantitative estimate of drug-likeness (QED) is 0.502. The lowest BCUT2D eigenvalue weighted by molar-refractivity contribution is -0.151. The minimum absolute atomic E-state index is 0.0566. The van der Waals surface area contributed by atoms with Crippen LogP contribution in [0.2, 0.25) is 0 Å². The highest BCUT2D eigenvalue weighted by Gasteiger charge is 2.38. The number of anilines is 2. The smallest absolute Gasteiger partial charge is 0.338 e. The van der Waals surface area contributed by atoms with Crippen LogP contribution in [0.5, 0.6) is 0 Å². The molecule has 188 valence electrons. The van der Waals surface area contributed by atoms with Crippen LogP contribution in [0.25, 0.3) is 0 Å². The summed E-state index contributed by atoms with van der Waals surface area (Å²) in [6.07, 6.45) is -1.27. The Bertz CT molecular complexity index is 1230. The lowest BCUT2D eigenvalue weighted by Crippen LogP contribution is -2.51. The standard InChI is InChI=1S/C26H27N3O7/c1-14-12-28(13-15(2)35-14)23(31)16(3)36-26(34)18-5-10-21-22(11-18)25(33)29(24(21)32)20-8-6-19(7-9-20)27-17(4)30/h5-11,14-16H,12-13H2,1-4H3,(H,27,30). The fourth-order valence-corrected chi connectivity index (χ4v) is 4.39. The van der Waals surface area contributed by atoms with Gasteiger partial charge < -0.3 is 19.7 Å². The van der Waals surface area contributed by atoms with Crippen molar-refractivity contribution >= 4 is 41.0 Å². The molecule has 3 unspecified atom stereocenters. The monoisotopic (exact) mass is 493 g/mol. The maximum absolute atomic E-state index is 13.1. The largest absolute Gasteiger partial charge is 0.449 e. The van der Waals surface area contributed by atoms with Crippen LogP contribution in [0.1, 0.15) is 58.8 Å². The van der Waals surface area contributed by atoms with Crippen LogP contribution in [0.15, 0.2) is 42.5 Å². The van der Waals surface area contributed by atoms with Gasteiger partial charge in [0, 0.05) is 25.7 Å². The van der Waals surface area contributed by atoms with E-state index >= 15 is 0 Å². The van der Waals surface area contributed by atoms with Gasteiger partial charge in [-0.3, -0.25) is 19.2 Å². The number of rotatable bonds is 5. The number of esters is 1. The van der Waals surface area contributed by atoms with Gasteiger partial charge in [-0.05, 0) is 63.2 Å². The van der Waals surface area contributed by atoms with Gasteiger partial charge in [0.25, 0.3) is 17.7 Å². The van der Waals surface area contributed by atoms with E-state index in [1.165, 1.54) is 32.0 Å². The average molecular weight is 494 g/mol. The molecule has 0 saturated carbocycles. The van der Waals surface area contributed by atoms with E-state index in [2.05, 4.69) is 5.32 Å². The topological polar surface area (TPSA) is 122 Å². The number of carbonyl (C=O) groups excluding carboxylic acids is 5. The van der Waals surface area contributed by atoms with E-state index in [9.17, 15) is 24.0 Å². The van der Waals surface area contributed by atoms with Gasteiger partial charge in [0.1, 0.15) is 0 Å². The van der Waals surface area contributed by atoms with Crippen LogP contribution in [0.4, 0.5) is 11.4 Å². The minimum Gasteiger partial charge on any atom is -0.449 e. The van der Waals surface area contributed by atoms with E-state index in [1.807, 2.05) is 13.8 Å². The van der Waals surface area contributed by atoms with Crippen molar-refractivity contribution in [3.8, 4) is 0 Å². The Morgan fingerprint density at radius 2 is 1.58 bits per heavy atom. The number of amides is 4. The van der Waals surface area contributed by atoms with Gasteiger partial charge in [0.2, 0.25) is 5.91 Å². The van der Waals surface area contributed by atoms with Crippen LogP contribution in [0.3, 0.4) is 0 Å². The highest BCUT2D eigenvalue weighted by Crippen LogP contribution is 2.30. The first-order valence-corrected chi connectivity index (χ1v) is 11.6. The normalized spacial score (nSPS) is 20.1. The third-order valence-corrected chi connectivity index (χ3v) is 5.93. The molecule has 2 aromatic carbocycles. The van der Waals surface area contributed by atoms with Gasteiger partial charge in [-0.2, -0.15) is 0 Å². The number of fused-ring (bicyclic) bond motifs is 1. The van der Waals surface area contributed by atoms with Crippen LogP contribution < -0.4 is 10.2 Å². The van der Waals surface area contributed by atoms with E-state index in [4.69, 9.17) is 9.47 Å². The van der Waals surface area contributed by atoms with Crippen LogP contribution >= 0.6 is 0 Å². The van der Waals surface area contributed by atoms with E-state index in [0.29, 0.717) is 24.5 Å². The zero-order valence-electron chi connectivity index (χ0n) is 20.4. The molecular formula is C26H27N3O7. The molecule has 10 nitrogen and oxygen atoms in total. The van der Waals surface area contributed by atoms with Gasteiger partial charge >= 0.3 is 5.97 Å². The van der Waals surface area contributed by atoms with Gasteiger partial charge in [-0.1, -0.05) is 0 Å². The summed E-state index contributed by atoms with van der Waals surface area (Å²) in [6, 6.07) is 10.3. The second-order valence-electron chi connectivity index (χ2n) is 8.98. The molecule has 3 atom stereocenters. The SMILES string of the molecule is CC(=O)Nc1ccc(N2C(=O)c3ccc(C(=O)OC(C)C(=O)N4CC(C)OC(C)C4)cc3C2=O)cc1. The van der Waals surface area contributed by atoms with Crippen molar-refractivity contribution in [1.29, 1.82) is 0 Å². The summed E-state index contributed by atoms with van der Waals surface area (Å²) in [5.41, 5.74) is 1.13. The number of morpholine rings is 1. The fraction of sp³-hybridized carbons (Fsp3) is 0.346. The highest BCUT2D eigenvalue weighted by atomic mass is 16.5. The molecule has 0 bridgehead atoms. The van der Waals surface area contributed by atoms with Crippen molar-refractivity contribution in [3.63, 3.8) is 0 Å². The van der Waals surface area contributed by atoms with Crippen molar-refractivity contribution in [3.05, 3.63) is 59.2 Å². The molecule has 0 aromatic heterocycles. The first-order valence-electron chi connectivity index (χ1n) is 11.6. The third-order valence-electron chi connectivity index (χ3n) is 5.93. The molecule has 4 rings (SSSR count). The number of hydrogen-bond donors (Lipinski definition) is 1. The summed E-state index contributed by atoms with van der Waals surface area (Å²) >= 11 is 0. The molecule has 0 aliphatic carbocycles. The number of carbonyl (C=O) groups is 5. The molecule has 2 aromatic rings. The molecule has 1 N–H and O–H groups in total. The first-order chi connectivity index (χ1) is 17.0. The minimum atomic E-state index is -1.03. The summed E-state index contributed by atoms with van der Waals surface area (Å²) in [4.78, 5) is 65.3. The molecule has 0 spiro atoms. The molecule has 2 aliphatic heterocycles. The van der Waals surface area contributed by atoms with Crippen molar-refractivity contribution in [2.24, 2.45) is 0 Å². The summed E-state index contributed by atoms with van der Waals surface area (Å²) in [6.45, 7) is 7.43. The Morgan fingerprint density at radius 1 is 0.972 bits per heavy atom. The average Bonchev–Trinajstić information content (AvgIpc) is 3.07. The second kappa shape index (κ2) is 9.90. The molecule has 36 heavy (non-hydrogen) atoms. The molecule has 2 heterocycles. The van der Waals surface area contributed by atoms with Gasteiger partial charge in [-0.25, -0.2) is 9.69 Å². The predicted octanol–water partition coefficient (Wildman–Crippen LogP) is 2.63. The molecule has 4 amide bonds. The lowest BCUT2D eigenvalue weighted by Gasteiger charge is -2.36. The summed E-state index contributed by atoms with van der Waals surface area (Å²) in [7, 11) is 0. The zero-order chi connectivity index (χ0) is 26.1. The summed E-state index contributed by atoms with van der Waals surface area (Å²) in [5.74, 6) is -2.45. The van der Waals surface area contributed by atoms with Crippen molar-refractivity contribution in [2.45, 2.75) is 46.0 Å². The molecule has 2 aliphatic rings. The van der Waals surface area contributed by atoms with Crippen LogP contribution in [0, 0.1) is 0 Å². The summed E-state index contributed by atoms with van der Waals surface area (Å²) < 4.78 is 11.0. The third kappa shape index (κ3) is 4.99. The molecule has 1 saturated heterocycles. The Balaban J connectivity index is 1.47. The Labute approximate surface area is 208 Å². The van der Waals surface area contributed by atoms with Gasteiger partial charge in [-0.15, -0.1) is 0 Å².